The van der Waals surface area contributed by atoms with Crippen LogP contribution in [0.15, 0.2) is 18.2 Å². The molecule has 0 saturated heterocycles. The fraction of sp³-hybridized carbons (Fsp3) is 0.111. The predicted molar refractivity (Wildman–Crippen MR) is 61.2 cm³/mol. The second-order valence-corrected chi connectivity index (χ2v) is 5.04. The number of phenols is 1. The molecule has 2 rings (SSSR count). The first-order valence-electron chi connectivity index (χ1n) is 3.78. The van der Waals surface area contributed by atoms with Gasteiger partial charge in [0.25, 0.3) is 6.43 Å². The van der Waals surface area contributed by atoms with Gasteiger partial charge < -0.3 is 5.11 Å². The highest BCUT2D eigenvalue weighted by atomic mass is 127. The molecule has 0 radical (unpaired) electrons. The summed E-state index contributed by atoms with van der Waals surface area (Å²) >= 11 is 3.10. The van der Waals surface area contributed by atoms with Crippen molar-refractivity contribution in [3.63, 3.8) is 0 Å². The van der Waals surface area contributed by atoms with Gasteiger partial charge in [0.15, 0.2) is 0 Å². The van der Waals surface area contributed by atoms with Gasteiger partial charge in [-0.15, -0.1) is 11.3 Å². The Labute approximate surface area is 96.5 Å². The highest BCUT2D eigenvalue weighted by molar-refractivity contribution is 14.1. The summed E-state index contributed by atoms with van der Waals surface area (Å²) in [6, 6.07) is 4.49. The maximum Gasteiger partial charge on any atom is 0.272 e. The molecule has 1 aromatic carbocycles. The number of fused-ring (bicyclic) bond motifs is 1. The van der Waals surface area contributed by atoms with Crippen molar-refractivity contribution < 1.29 is 13.9 Å². The molecule has 2 aromatic rings. The molecule has 0 bridgehead atoms. The van der Waals surface area contributed by atoms with Crippen molar-refractivity contribution in [2.75, 3.05) is 0 Å². The van der Waals surface area contributed by atoms with E-state index >= 15 is 0 Å². The van der Waals surface area contributed by atoms with Gasteiger partial charge in [-0.1, -0.05) is 0 Å². The third-order valence-corrected chi connectivity index (χ3v) is 4.20. The molecule has 0 aliphatic rings. The van der Waals surface area contributed by atoms with Crippen molar-refractivity contribution in [3.8, 4) is 5.75 Å². The SMILES string of the molecule is Oc1cc(I)c2sc(C(F)F)cc2c1. The maximum absolute atomic E-state index is 12.4. The lowest BCUT2D eigenvalue weighted by atomic mass is 10.2. The largest absolute Gasteiger partial charge is 0.508 e. The summed E-state index contributed by atoms with van der Waals surface area (Å²) in [5.74, 6) is 0.112. The van der Waals surface area contributed by atoms with Crippen LogP contribution in [0.25, 0.3) is 10.1 Å². The molecule has 1 aromatic heterocycles. The monoisotopic (exact) mass is 326 g/mol. The summed E-state index contributed by atoms with van der Waals surface area (Å²) in [7, 11) is 0. The molecule has 0 fully saturated rings. The van der Waals surface area contributed by atoms with Crippen LogP contribution in [0.2, 0.25) is 0 Å². The quantitative estimate of drug-likeness (QED) is 0.781. The van der Waals surface area contributed by atoms with E-state index in [9.17, 15) is 13.9 Å². The van der Waals surface area contributed by atoms with Crippen molar-refractivity contribution >= 4 is 44.0 Å². The Bertz CT molecular complexity index is 481. The van der Waals surface area contributed by atoms with Crippen LogP contribution in [0.3, 0.4) is 0 Å². The lowest BCUT2D eigenvalue weighted by Crippen LogP contribution is -1.72. The Morgan fingerprint density at radius 2 is 2.00 bits per heavy atom. The average molecular weight is 326 g/mol. The minimum absolute atomic E-state index is 0.0449. The summed E-state index contributed by atoms with van der Waals surface area (Å²) in [5, 5.41) is 9.95. The van der Waals surface area contributed by atoms with Crippen LogP contribution in [-0.4, -0.2) is 5.11 Å². The van der Waals surface area contributed by atoms with E-state index in [4.69, 9.17) is 0 Å². The van der Waals surface area contributed by atoms with E-state index in [2.05, 4.69) is 0 Å². The number of hydrogen-bond acceptors (Lipinski definition) is 2. The first-order valence-corrected chi connectivity index (χ1v) is 5.67. The molecular weight excluding hydrogens is 321 g/mol. The number of thiophene rings is 1. The Hall–Kier alpha value is -0.430. The van der Waals surface area contributed by atoms with Crippen LogP contribution in [0.1, 0.15) is 11.3 Å². The standard InChI is InChI=1S/C9H5F2IOS/c10-9(11)7-2-4-1-5(13)3-6(12)8(4)14-7/h1-3,9,13H. The number of benzene rings is 1. The summed E-state index contributed by atoms with van der Waals surface area (Å²) in [6.07, 6.45) is -2.44. The van der Waals surface area contributed by atoms with Gasteiger partial charge in [0.2, 0.25) is 0 Å². The first kappa shape index (κ1) is 10.1. The van der Waals surface area contributed by atoms with Gasteiger partial charge in [0.1, 0.15) is 5.75 Å². The zero-order chi connectivity index (χ0) is 10.3. The molecule has 1 N–H and O–H groups in total. The molecule has 0 atom stereocenters. The van der Waals surface area contributed by atoms with Crippen LogP contribution in [0.5, 0.6) is 5.75 Å². The van der Waals surface area contributed by atoms with Crippen LogP contribution in [0.4, 0.5) is 8.78 Å². The molecule has 0 saturated carbocycles. The molecule has 1 heterocycles. The van der Waals surface area contributed by atoms with E-state index in [0.717, 1.165) is 19.6 Å². The van der Waals surface area contributed by atoms with Crippen LogP contribution in [-0.2, 0) is 0 Å². The fourth-order valence-corrected chi connectivity index (χ4v) is 3.09. The number of alkyl halides is 2. The zero-order valence-electron chi connectivity index (χ0n) is 6.80. The second-order valence-electron chi connectivity index (χ2n) is 2.80. The van der Waals surface area contributed by atoms with E-state index in [1.54, 1.807) is 6.07 Å². The molecule has 0 aliphatic heterocycles. The summed E-state index contributed by atoms with van der Waals surface area (Å²) in [6.45, 7) is 0. The lowest BCUT2D eigenvalue weighted by molar-refractivity contribution is 0.156. The minimum Gasteiger partial charge on any atom is -0.508 e. The zero-order valence-corrected chi connectivity index (χ0v) is 9.77. The van der Waals surface area contributed by atoms with Gasteiger partial charge in [0, 0.05) is 8.27 Å². The second kappa shape index (κ2) is 3.62. The highest BCUT2D eigenvalue weighted by Gasteiger charge is 2.13. The number of phenolic OH excluding ortho intramolecular Hbond substituents is 1. The van der Waals surface area contributed by atoms with Crippen molar-refractivity contribution in [2.24, 2.45) is 0 Å². The average Bonchev–Trinajstić information content (AvgIpc) is 2.47. The molecule has 74 valence electrons. The number of aromatic hydroxyl groups is 1. The smallest absolute Gasteiger partial charge is 0.272 e. The normalized spacial score (nSPS) is 11.4. The Morgan fingerprint density at radius 1 is 1.29 bits per heavy atom. The van der Waals surface area contributed by atoms with Gasteiger partial charge in [-0.25, -0.2) is 8.78 Å². The van der Waals surface area contributed by atoms with Crippen molar-refractivity contribution in [1.82, 2.24) is 0 Å². The van der Waals surface area contributed by atoms with Crippen molar-refractivity contribution in [1.29, 1.82) is 0 Å². The number of hydrogen-bond donors (Lipinski definition) is 1. The van der Waals surface area contributed by atoms with E-state index in [1.807, 2.05) is 22.6 Å². The van der Waals surface area contributed by atoms with Gasteiger partial charge in [-0.05, 0) is 46.2 Å². The number of halogens is 3. The Kier molecular flexibility index (Phi) is 2.61. The fourth-order valence-electron chi connectivity index (χ4n) is 1.22. The Balaban J connectivity index is 2.70. The van der Waals surface area contributed by atoms with E-state index in [0.29, 0.717) is 5.39 Å². The molecule has 0 amide bonds. The molecule has 0 unspecified atom stereocenters. The van der Waals surface area contributed by atoms with Crippen molar-refractivity contribution in [2.45, 2.75) is 6.43 Å². The predicted octanol–water partition coefficient (Wildman–Crippen LogP) is 4.15. The third-order valence-electron chi connectivity index (χ3n) is 1.79. The van der Waals surface area contributed by atoms with E-state index in [-0.39, 0.29) is 10.6 Å². The van der Waals surface area contributed by atoms with E-state index < -0.39 is 6.43 Å². The molecule has 0 spiro atoms. The highest BCUT2D eigenvalue weighted by Crippen LogP contribution is 2.36. The number of rotatable bonds is 1. The van der Waals surface area contributed by atoms with E-state index in [1.165, 1.54) is 12.1 Å². The molecule has 0 aliphatic carbocycles. The molecule has 1 nitrogen and oxygen atoms in total. The van der Waals surface area contributed by atoms with Gasteiger partial charge in [-0.2, -0.15) is 0 Å². The molecule has 14 heavy (non-hydrogen) atoms. The first-order chi connectivity index (χ1) is 6.58. The van der Waals surface area contributed by atoms with Crippen LogP contribution < -0.4 is 0 Å². The van der Waals surface area contributed by atoms with Gasteiger partial charge in [-0.3, -0.25) is 0 Å². The van der Waals surface area contributed by atoms with Crippen LogP contribution in [0, 0.1) is 3.57 Å². The van der Waals surface area contributed by atoms with Gasteiger partial charge in [0.05, 0.1) is 4.88 Å². The lowest BCUT2D eigenvalue weighted by Gasteiger charge is -1.94. The molecule has 5 heteroatoms. The Morgan fingerprint density at radius 3 is 2.64 bits per heavy atom. The molecular formula is C9H5F2IOS. The summed E-state index contributed by atoms with van der Waals surface area (Å²) in [5.41, 5.74) is 0. The van der Waals surface area contributed by atoms with Crippen molar-refractivity contribution in [3.05, 3.63) is 26.6 Å². The third kappa shape index (κ3) is 1.70. The van der Waals surface area contributed by atoms with Crippen LogP contribution >= 0.6 is 33.9 Å². The topological polar surface area (TPSA) is 20.2 Å². The summed E-state index contributed by atoms with van der Waals surface area (Å²) in [4.78, 5) is 0.0449. The summed E-state index contributed by atoms with van der Waals surface area (Å²) < 4.78 is 26.4. The van der Waals surface area contributed by atoms with Gasteiger partial charge >= 0.3 is 0 Å². The minimum atomic E-state index is -2.44. The maximum atomic E-state index is 12.4.